The highest BCUT2D eigenvalue weighted by molar-refractivity contribution is 7.14. The van der Waals surface area contributed by atoms with Crippen LogP contribution in [0.1, 0.15) is 16.8 Å². The number of thiophene rings is 1. The number of nitrogens with one attached hydrogen (secondary N) is 1. The molecule has 1 N–H and O–H groups in total. The van der Waals surface area contributed by atoms with Crippen LogP contribution in [0.25, 0.3) is 11.4 Å². The van der Waals surface area contributed by atoms with E-state index < -0.39 is 12.0 Å². The molecule has 1 fully saturated rings. The number of aromatic nitrogens is 2. The maximum Gasteiger partial charge on any atom is 0.340 e. The molecule has 0 radical (unpaired) electrons. The number of benzene rings is 1. The number of methoxy groups -OCH3 is 1. The number of ether oxygens (including phenoxy) is 1. The molecule has 1 aliphatic heterocycles. The monoisotopic (exact) mass is 418 g/mol. The van der Waals surface area contributed by atoms with Gasteiger partial charge in [-0.3, -0.25) is 4.79 Å². The lowest BCUT2D eigenvalue weighted by molar-refractivity contribution is -0.117. The number of halogens is 1. The quantitative estimate of drug-likeness (QED) is 0.633. The van der Waals surface area contributed by atoms with E-state index in [0.29, 0.717) is 39.9 Å². The van der Waals surface area contributed by atoms with E-state index in [-0.39, 0.29) is 11.9 Å². The van der Waals surface area contributed by atoms with E-state index in [1.807, 2.05) is 6.07 Å². The molecule has 10 heteroatoms. The SMILES string of the molecule is COC(=O)c1ccsc1N1CCC(Nc2nc(-c3cccc(Cl)c3)no2)C1=O. The first kappa shape index (κ1) is 18.5. The van der Waals surface area contributed by atoms with Crippen LogP contribution in [0.3, 0.4) is 0 Å². The van der Waals surface area contributed by atoms with E-state index in [2.05, 4.69) is 15.5 Å². The molecule has 1 saturated heterocycles. The molecule has 2 aromatic heterocycles. The standard InChI is InChI=1S/C18H15ClN4O4S/c1-26-17(25)12-6-8-28-16(12)23-7-5-13(15(23)24)20-18-21-14(22-27-18)10-3-2-4-11(19)9-10/h2-4,6,8-9,13H,5,7H2,1H3,(H,20,21,22). The molecule has 8 nitrogen and oxygen atoms in total. The first-order valence-corrected chi connectivity index (χ1v) is 9.66. The summed E-state index contributed by atoms with van der Waals surface area (Å²) >= 11 is 7.30. The van der Waals surface area contributed by atoms with Crippen LogP contribution in [-0.4, -0.2) is 41.7 Å². The third-order valence-corrected chi connectivity index (χ3v) is 5.48. The van der Waals surface area contributed by atoms with Crippen LogP contribution in [0.15, 0.2) is 40.2 Å². The van der Waals surface area contributed by atoms with Crippen molar-refractivity contribution in [2.75, 3.05) is 23.9 Å². The number of hydrogen-bond donors (Lipinski definition) is 1. The van der Waals surface area contributed by atoms with Crippen molar-refractivity contribution < 1.29 is 18.8 Å². The normalized spacial score (nSPS) is 16.4. The lowest BCUT2D eigenvalue weighted by atomic mass is 10.2. The Morgan fingerprint density at radius 3 is 3.07 bits per heavy atom. The van der Waals surface area contributed by atoms with Crippen molar-refractivity contribution in [1.82, 2.24) is 10.1 Å². The van der Waals surface area contributed by atoms with Crippen LogP contribution in [0, 0.1) is 0 Å². The fourth-order valence-electron chi connectivity index (χ4n) is 2.97. The number of carbonyl (C=O) groups is 2. The zero-order chi connectivity index (χ0) is 19.7. The molecule has 3 aromatic rings. The van der Waals surface area contributed by atoms with E-state index in [0.717, 1.165) is 0 Å². The Labute approximate surface area is 169 Å². The third-order valence-electron chi connectivity index (χ3n) is 4.31. The molecule has 4 rings (SSSR count). The van der Waals surface area contributed by atoms with E-state index >= 15 is 0 Å². The summed E-state index contributed by atoms with van der Waals surface area (Å²) in [4.78, 5) is 30.5. The van der Waals surface area contributed by atoms with E-state index in [1.54, 1.807) is 34.5 Å². The number of esters is 1. The smallest absolute Gasteiger partial charge is 0.340 e. The highest BCUT2D eigenvalue weighted by atomic mass is 35.5. The van der Waals surface area contributed by atoms with Gasteiger partial charge in [0, 0.05) is 17.1 Å². The minimum atomic E-state index is -0.528. The Morgan fingerprint density at radius 2 is 2.29 bits per heavy atom. The molecule has 1 aliphatic rings. The maximum absolute atomic E-state index is 12.8. The molecule has 1 unspecified atom stereocenters. The highest BCUT2D eigenvalue weighted by Gasteiger charge is 2.36. The van der Waals surface area contributed by atoms with Crippen LogP contribution >= 0.6 is 22.9 Å². The van der Waals surface area contributed by atoms with Gasteiger partial charge in [-0.25, -0.2) is 4.79 Å². The van der Waals surface area contributed by atoms with E-state index in [9.17, 15) is 9.59 Å². The van der Waals surface area contributed by atoms with Crippen molar-refractivity contribution in [3.8, 4) is 11.4 Å². The average molecular weight is 419 g/mol. The fraction of sp³-hybridized carbons (Fsp3) is 0.222. The van der Waals surface area contributed by atoms with Crippen molar-refractivity contribution >= 4 is 45.8 Å². The second-order valence-electron chi connectivity index (χ2n) is 6.04. The molecule has 3 heterocycles. The predicted molar refractivity (Wildman–Crippen MR) is 105 cm³/mol. The number of rotatable bonds is 5. The molecular weight excluding hydrogens is 404 g/mol. The number of amides is 1. The number of hydrogen-bond acceptors (Lipinski definition) is 8. The second kappa shape index (κ2) is 7.61. The van der Waals surface area contributed by atoms with Gasteiger partial charge in [-0.15, -0.1) is 11.3 Å². The second-order valence-corrected chi connectivity index (χ2v) is 7.37. The number of nitrogens with zero attached hydrogens (tertiary/aromatic N) is 3. The summed E-state index contributed by atoms with van der Waals surface area (Å²) in [7, 11) is 1.31. The Morgan fingerprint density at radius 1 is 1.43 bits per heavy atom. The first-order chi connectivity index (χ1) is 13.6. The number of carbonyl (C=O) groups excluding carboxylic acids is 2. The summed E-state index contributed by atoms with van der Waals surface area (Å²) in [6.07, 6.45) is 0.534. The molecule has 0 bridgehead atoms. The van der Waals surface area contributed by atoms with E-state index in [1.165, 1.54) is 18.4 Å². The lowest BCUT2D eigenvalue weighted by Gasteiger charge is -2.16. The third kappa shape index (κ3) is 3.46. The predicted octanol–water partition coefficient (Wildman–Crippen LogP) is 3.46. The molecular formula is C18H15ClN4O4S. The molecule has 0 spiro atoms. The van der Waals surface area contributed by atoms with E-state index in [4.69, 9.17) is 20.9 Å². The van der Waals surface area contributed by atoms with Crippen LogP contribution in [0.4, 0.5) is 11.0 Å². The average Bonchev–Trinajstić information content (AvgIpc) is 3.42. The zero-order valence-electron chi connectivity index (χ0n) is 14.7. The Hall–Kier alpha value is -2.91. The highest BCUT2D eigenvalue weighted by Crippen LogP contribution is 2.32. The largest absolute Gasteiger partial charge is 0.465 e. The summed E-state index contributed by atoms with van der Waals surface area (Å²) in [5.41, 5.74) is 1.09. The van der Waals surface area contributed by atoms with Gasteiger partial charge in [0.1, 0.15) is 11.0 Å². The summed E-state index contributed by atoms with van der Waals surface area (Å²) in [6.45, 7) is 0.469. The molecule has 0 saturated carbocycles. The molecule has 0 aliphatic carbocycles. The van der Waals surface area contributed by atoms with Gasteiger partial charge < -0.3 is 19.5 Å². The molecule has 1 amide bonds. The minimum Gasteiger partial charge on any atom is -0.465 e. The molecule has 28 heavy (non-hydrogen) atoms. The van der Waals surface area contributed by atoms with Crippen molar-refractivity contribution in [2.24, 2.45) is 0 Å². The van der Waals surface area contributed by atoms with Crippen LogP contribution in [-0.2, 0) is 9.53 Å². The molecule has 144 valence electrons. The molecule has 1 aromatic carbocycles. The van der Waals surface area contributed by atoms with Crippen LogP contribution < -0.4 is 10.2 Å². The van der Waals surface area contributed by atoms with Crippen molar-refractivity contribution in [3.63, 3.8) is 0 Å². The summed E-state index contributed by atoms with van der Waals surface area (Å²) < 4.78 is 9.99. The number of anilines is 2. The van der Waals surface area contributed by atoms with Gasteiger partial charge >= 0.3 is 12.0 Å². The van der Waals surface area contributed by atoms with Crippen molar-refractivity contribution in [1.29, 1.82) is 0 Å². The summed E-state index contributed by atoms with van der Waals surface area (Å²) in [6, 6.07) is 8.35. The van der Waals surface area contributed by atoms with Gasteiger partial charge in [-0.1, -0.05) is 28.9 Å². The first-order valence-electron chi connectivity index (χ1n) is 8.40. The Bertz CT molecular complexity index is 1030. The zero-order valence-corrected chi connectivity index (χ0v) is 16.3. The van der Waals surface area contributed by atoms with Crippen LogP contribution in [0.2, 0.25) is 5.02 Å². The van der Waals surface area contributed by atoms with Crippen molar-refractivity contribution in [2.45, 2.75) is 12.5 Å². The van der Waals surface area contributed by atoms with Gasteiger partial charge in [0.25, 0.3) is 0 Å². The topological polar surface area (TPSA) is 97.6 Å². The van der Waals surface area contributed by atoms with Gasteiger partial charge in [-0.05, 0) is 30.0 Å². The maximum atomic E-state index is 12.8. The van der Waals surface area contributed by atoms with Gasteiger partial charge in [-0.2, -0.15) is 4.98 Å². The summed E-state index contributed by atoms with van der Waals surface area (Å²) in [5.74, 6) is -0.267. The Kier molecular flexibility index (Phi) is 5.01. The van der Waals surface area contributed by atoms with Gasteiger partial charge in [0.2, 0.25) is 11.7 Å². The Balaban J connectivity index is 1.48. The van der Waals surface area contributed by atoms with Crippen molar-refractivity contribution in [3.05, 3.63) is 46.3 Å². The summed E-state index contributed by atoms with van der Waals surface area (Å²) in [5, 5.41) is 9.79. The fourth-order valence-corrected chi connectivity index (χ4v) is 4.08. The molecule has 1 atom stereocenters. The van der Waals surface area contributed by atoms with Gasteiger partial charge in [0.05, 0.1) is 12.7 Å². The van der Waals surface area contributed by atoms with Crippen LogP contribution in [0.5, 0.6) is 0 Å². The minimum absolute atomic E-state index is 0.148. The van der Waals surface area contributed by atoms with Gasteiger partial charge in [0.15, 0.2) is 0 Å². The lowest BCUT2D eigenvalue weighted by Crippen LogP contribution is -2.33.